The lowest BCUT2D eigenvalue weighted by molar-refractivity contribution is -0.386. The Balaban J connectivity index is 2.63. The van der Waals surface area contributed by atoms with E-state index >= 15 is 0 Å². The molecule has 2 rings (SSSR count). The van der Waals surface area contributed by atoms with Crippen molar-refractivity contribution in [1.29, 1.82) is 0 Å². The number of hydrogen-bond donors (Lipinski definition) is 1. The Morgan fingerprint density at radius 1 is 1.50 bits per heavy atom. The summed E-state index contributed by atoms with van der Waals surface area (Å²) in [5.74, 6) is -3.48. The highest BCUT2D eigenvalue weighted by Gasteiger charge is 2.46. The van der Waals surface area contributed by atoms with Gasteiger partial charge in [0.15, 0.2) is 0 Å². The Labute approximate surface area is 112 Å². The summed E-state index contributed by atoms with van der Waals surface area (Å²) >= 11 is 0. The van der Waals surface area contributed by atoms with Crippen molar-refractivity contribution in [3.63, 3.8) is 0 Å². The van der Waals surface area contributed by atoms with Crippen LogP contribution < -0.4 is 4.90 Å². The van der Waals surface area contributed by atoms with Crippen LogP contribution >= 0.6 is 0 Å². The van der Waals surface area contributed by atoms with Gasteiger partial charge in [-0.3, -0.25) is 10.1 Å². The summed E-state index contributed by atoms with van der Waals surface area (Å²) in [5.41, 5.74) is -2.65. The van der Waals surface area contributed by atoms with Crippen LogP contribution in [0, 0.1) is 21.7 Å². The second-order valence-corrected chi connectivity index (χ2v) is 4.85. The lowest BCUT2D eigenvalue weighted by atomic mass is 9.98. The van der Waals surface area contributed by atoms with Gasteiger partial charge in [0.2, 0.25) is 5.82 Å². The van der Waals surface area contributed by atoms with Gasteiger partial charge < -0.3 is 10.0 Å². The molecule has 108 valence electrons. The molecular formula is C12H12F2N2O4. The van der Waals surface area contributed by atoms with E-state index in [9.17, 15) is 28.8 Å². The third kappa shape index (κ3) is 2.06. The van der Waals surface area contributed by atoms with E-state index in [0.717, 1.165) is 6.07 Å². The first-order valence-electron chi connectivity index (χ1n) is 5.92. The molecule has 1 aliphatic rings. The summed E-state index contributed by atoms with van der Waals surface area (Å²) < 4.78 is 27.0. The molecule has 1 unspecified atom stereocenters. The number of rotatable bonds is 3. The number of halogens is 2. The van der Waals surface area contributed by atoms with Gasteiger partial charge in [-0.2, -0.15) is 4.39 Å². The van der Waals surface area contributed by atoms with Crippen molar-refractivity contribution in [2.24, 2.45) is 0 Å². The molecule has 1 heterocycles. The predicted octanol–water partition coefficient (Wildman–Crippen LogP) is 2.32. The monoisotopic (exact) mass is 286 g/mol. The molecule has 6 nitrogen and oxygen atoms in total. The van der Waals surface area contributed by atoms with Crippen molar-refractivity contribution < 1.29 is 23.6 Å². The summed E-state index contributed by atoms with van der Waals surface area (Å²) in [4.78, 5) is 22.5. The quantitative estimate of drug-likeness (QED) is 0.681. The molecule has 0 aliphatic carbocycles. The fourth-order valence-electron chi connectivity index (χ4n) is 2.51. The van der Waals surface area contributed by atoms with Gasteiger partial charge in [0.05, 0.1) is 4.92 Å². The summed E-state index contributed by atoms with van der Waals surface area (Å²) in [6.07, 6.45) is 0.718. The first-order valence-corrected chi connectivity index (χ1v) is 5.92. The number of nitrogens with zero attached hydrogens (tertiary/aromatic N) is 2. The number of aliphatic carboxylic acids is 1. The van der Waals surface area contributed by atoms with Gasteiger partial charge >= 0.3 is 11.7 Å². The molecule has 0 bridgehead atoms. The Kier molecular flexibility index (Phi) is 3.33. The summed E-state index contributed by atoms with van der Waals surface area (Å²) in [6.45, 7) is 1.57. The Hall–Kier alpha value is -2.25. The van der Waals surface area contributed by atoms with Gasteiger partial charge in [-0.25, -0.2) is 9.18 Å². The highest BCUT2D eigenvalue weighted by Crippen LogP contribution is 2.40. The molecule has 0 spiro atoms. The molecule has 8 heteroatoms. The van der Waals surface area contributed by atoms with Crippen LogP contribution in [0.1, 0.15) is 19.8 Å². The predicted molar refractivity (Wildman–Crippen MR) is 65.6 cm³/mol. The first-order chi connectivity index (χ1) is 9.27. The van der Waals surface area contributed by atoms with E-state index in [0.29, 0.717) is 12.5 Å². The van der Waals surface area contributed by atoms with Crippen molar-refractivity contribution in [1.82, 2.24) is 0 Å². The molecule has 20 heavy (non-hydrogen) atoms. The van der Waals surface area contributed by atoms with Crippen molar-refractivity contribution in [3.8, 4) is 0 Å². The van der Waals surface area contributed by atoms with E-state index in [2.05, 4.69) is 0 Å². The number of nitro groups is 1. The average Bonchev–Trinajstić information content (AvgIpc) is 2.70. The van der Waals surface area contributed by atoms with E-state index in [1.165, 1.54) is 11.8 Å². The third-order valence-electron chi connectivity index (χ3n) is 3.58. The Bertz CT molecular complexity index is 593. The highest BCUT2D eigenvalue weighted by atomic mass is 19.1. The van der Waals surface area contributed by atoms with E-state index < -0.39 is 33.8 Å². The number of carboxylic acids is 1. The van der Waals surface area contributed by atoms with Crippen LogP contribution in [-0.2, 0) is 4.79 Å². The van der Waals surface area contributed by atoms with Crippen molar-refractivity contribution in [2.75, 3.05) is 11.4 Å². The fraction of sp³-hybridized carbons (Fsp3) is 0.417. The molecular weight excluding hydrogens is 274 g/mol. The van der Waals surface area contributed by atoms with Crippen molar-refractivity contribution in [3.05, 3.63) is 33.9 Å². The van der Waals surface area contributed by atoms with E-state index in [-0.39, 0.29) is 18.7 Å². The SMILES string of the molecule is CC1(C(=O)O)CCCN1c1cc(F)cc(F)c1[N+](=O)[O-]. The number of nitro benzene ring substituents is 1. The lowest BCUT2D eigenvalue weighted by Crippen LogP contribution is -2.48. The van der Waals surface area contributed by atoms with Crippen LogP contribution in [0.4, 0.5) is 20.2 Å². The molecule has 1 N–H and O–H groups in total. The summed E-state index contributed by atoms with van der Waals surface area (Å²) in [7, 11) is 0. The Morgan fingerprint density at radius 2 is 2.15 bits per heavy atom. The molecule has 0 radical (unpaired) electrons. The zero-order chi connectivity index (χ0) is 15.1. The van der Waals surface area contributed by atoms with Crippen molar-refractivity contribution >= 4 is 17.3 Å². The highest BCUT2D eigenvalue weighted by molar-refractivity contribution is 5.85. The van der Waals surface area contributed by atoms with Gasteiger partial charge in [-0.1, -0.05) is 0 Å². The standard InChI is InChI=1S/C12H12F2N2O4/c1-12(11(17)18)3-2-4-15(12)9-6-7(13)5-8(14)10(9)16(19)20/h5-6H,2-4H2,1H3,(H,17,18). The second-order valence-electron chi connectivity index (χ2n) is 4.85. The molecule has 1 fully saturated rings. The van der Waals surface area contributed by atoms with Gasteiger partial charge in [-0.05, 0) is 19.8 Å². The number of anilines is 1. The smallest absolute Gasteiger partial charge is 0.329 e. The number of benzene rings is 1. The largest absolute Gasteiger partial charge is 0.480 e. The molecule has 0 aromatic heterocycles. The Morgan fingerprint density at radius 3 is 2.70 bits per heavy atom. The summed E-state index contributed by atoms with van der Waals surface area (Å²) in [6, 6.07) is 1.21. The zero-order valence-electron chi connectivity index (χ0n) is 10.6. The molecule has 1 aromatic carbocycles. The maximum absolute atomic E-state index is 13.6. The van der Waals surface area contributed by atoms with Crippen LogP contribution in [0.15, 0.2) is 12.1 Å². The van der Waals surface area contributed by atoms with Gasteiger partial charge in [-0.15, -0.1) is 0 Å². The van der Waals surface area contributed by atoms with E-state index in [1.807, 2.05) is 0 Å². The summed E-state index contributed by atoms with van der Waals surface area (Å²) in [5, 5.41) is 20.2. The normalized spacial score (nSPS) is 22.1. The van der Waals surface area contributed by atoms with Gasteiger partial charge in [0.25, 0.3) is 0 Å². The van der Waals surface area contributed by atoms with Crippen LogP contribution in [0.2, 0.25) is 0 Å². The molecule has 1 aromatic rings. The lowest BCUT2D eigenvalue weighted by Gasteiger charge is -2.32. The molecule has 0 saturated carbocycles. The van der Waals surface area contributed by atoms with Crippen LogP contribution in [0.25, 0.3) is 0 Å². The maximum Gasteiger partial charge on any atom is 0.329 e. The van der Waals surface area contributed by atoms with E-state index in [1.54, 1.807) is 0 Å². The van der Waals surface area contributed by atoms with Crippen LogP contribution in [-0.4, -0.2) is 28.1 Å². The van der Waals surface area contributed by atoms with Crippen LogP contribution in [0.3, 0.4) is 0 Å². The minimum Gasteiger partial charge on any atom is -0.480 e. The second kappa shape index (κ2) is 4.69. The van der Waals surface area contributed by atoms with Crippen molar-refractivity contribution in [2.45, 2.75) is 25.3 Å². The number of carboxylic acid groups (broad SMARTS) is 1. The minimum atomic E-state index is -1.41. The molecule has 1 atom stereocenters. The van der Waals surface area contributed by atoms with Gasteiger partial charge in [0, 0.05) is 18.7 Å². The molecule has 0 amide bonds. The van der Waals surface area contributed by atoms with E-state index in [4.69, 9.17) is 0 Å². The third-order valence-corrected chi connectivity index (χ3v) is 3.58. The molecule has 1 aliphatic heterocycles. The first kappa shape index (κ1) is 14.2. The minimum absolute atomic E-state index is 0.187. The topological polar surface area (TPSA) is 83.7 Å². The maximum atomic E-state index is 13.6. The zero-order valence-corrected chi connectivity index (χ0v) is 10.6. The number of carbonyl (C=O) groups is 1. The molecule has 1 saturated heterocycles. The van der Waals surface area contributed by atoms with Gasteiger partial charge in [0.1, 0.15) is 17.0 Å². The average molecular weight is 286 g/mol. The fourth-order valence-corrected chi connectivity index (χ4v) is 2.51. The van der Waals surface area contributed by atoms with Crippen LogP contribution in [0.5, 0.6) is 0 Å². The number of hydrogen-bond acceptors (Lipinski definition) is 4.